The van der Waals surface area contributed by atoms with Gasteiger partial charge in [0.1, 0.15) is 12.4 Å². The molecule has 1 rings (SSSR count). The number of methoxy groups -OCH3 is 1. The zero-order chi connectivity index (χ0) is 13.5. The number of hydrogen-bond donors (Lipinski definition) is 1. The van der Waals surface area contributed by atoms with Crippen molar-refractivity contribution in [1.29, 1.82) is 0 Å². The van der Waals surface area contributed by atoms with Gasteiger partial charge in [-0.15, -0.1) is 5.10 Å². The molecule has 0 bridgehead atoms. The second-order valence-corrected chi connectivity index (χ2v) is 3.75. The molecule has 0 saturated heterocycles. The van der Waals surface area contributed by atoms with Crippen molar-refractivity contribution in [2.24, 2.45) is 0 Å². The summed E-state index contributed by atoms with van der Waals surface area (Å²) in [5.41, 5.74) is 0. The summed E-state index contributed by atoms with van der Waals surface area (Å²) in [6, 6.07) is 0. The molecule has 0 aliphatic heterocycles. The van der Waals surface area contributed by atoms with Crippen LogP contribution in [0, 0.1) is 0 Å². The number of nitrogens with one attached hydrogen (secondary N) is 1. The Morgan fingerprint density at radius 3 is 2.67 bits per heavy atom. The molecule has 0 saturated carbocycles. The molecule has 0 aliphatic rings. The third kappa shape index (κ3) is 3.54. The van der Waals surface area contributed by atoms with Crippen molar-refractivity contribution < 1.29 is 14.3 Å². The lowest BCUT2D eigenvalue weighted by atomic mass is 10.3. The summed E-state index contributed by atoms with van der Waals surface area (Å²) in [5, 5.41) is 6.57. The Kier molecular flexibility index (Phi) is 5.29. The van der Waals surface area contributed by atoms with E-state index in [2.05, 4.69) is 19.9 Å². The molecule has 100 valence electrons. The summed E-state index contributed by atoms with van der Waals surface area (Å²) >= 11 is 0. The van der Waals surface area contributed by atoms with Crippen molar-refractivity contribution in [1.82, 2.24) is 20.1 Å². The van der Waals surface area contributed by atoms with Crippen molar-refractivity contribution in [3.05, 3.63) is 11.6 Å². The Bertz CT molecular complexity index is 416. The van der Waals surface area contributed by atoms with E-state index in [0.717, 1.165) is 12.8 Å². The number of nitrogens with zero attached hydrogens (tertiary/aromatic N) is 3. The van der Waals surface area contributed by atoms with Crippen LogP contribution in [0.2, 0.25) is 0 Å². The van der Waals surface area contributed by atoms with Gasteiger partial charge in [0.25, 0.3) is 5.91 Å². The average molecular weight is 254 g/mol. The quantitative estimate of drug-likeness (QED) is 0.742. The van der Waals surface area contributed by atoms with Crippen LogP contribution < -0.4 is 0 Å². The maximum atomic E-state index is 12.0. The fraction of sp³-hybridized carbons (Fsp3) is 0.636. The van der Waals surface area contributed by atoms with Gasteiger partial charge in [-0.2, -0.15) is 0 Å². The van der Waals surface area contributed by atoms with E-state index in [4.69, 9.17) is 0 Å². The highest BCUT2D eigenvalue weighted by Crippen LogP contribution is 2.02. The first-order valence-electron chi connectivity index (χ1n) is 5.89. The van der Waals surface area contributed by atoms with Crippen LogP contribution in [0.15, 0.2) is 0 Å². The Morgan fingerprint density at radius 1 is 1.39 bits per heavy atom. The lowest BCUT2D eigenvalue weighted by Gasteiger charge is -2.17. The number of carbonyl (C=O) groups is 2. The van der Waals surface area contributed by atoms with Gasteiger partial charge in [0, 0.05) is 13.0 Å². The van der Waals surface area contributed by atoms with Gasteiger partial charge in [-0.25, -0.2) is 4.98 Å². The van der Waals surface area contributed by atoms with Gasteiger partial charge in [0.05, 0.1) is 7.11 Å². The van der Waals surface area contributed by atoms with E-state index in [9.17, 15) is 9.59 Å². The van der Waals surface area contributed by atoms with Crippen LogP contribution in [0.1, 0.15) is 36.7 Å². The Morgan fingerprint density at radius 2 is 2.11 bits per heavy atom. The fourth-order valence-electron chi connectivity index (χ4n) is 1.43. The molecule has 1 N–H and O–H groups in total. The number of aromatic nitrogens is 3. The molecular weight excluding hydrogens is 236 g/mol. The van der Waals surface area contributed by atoms with Gasteiger partial charge in [0.15, 0.2) is 0 Å². The topological polar surface area (TPSA) is 88.2 Å². The summed E-state index contributed by atoms with van der Waals surface area (Å²) in [6.45, 7) is 4.09. The highest BCUT2D eigenvalue weighted by atomic mass is 16.5. The molecular formula is C11H18N4O3. The molecule has 1 amide bonds. The van der Waals surface area contributed by atoms with Crippen molar-refractivity contribution >= 4 is 11.9 Å². The van der Waals surface area contributed by atoms with Gasteiger partial charge in [-0.1, -0.05) is 6.92 Å². The molecule has 0 unspecified atom stereocenters. The fourth-order valence-corrected chi connectivity index (χ4v) is 1.43. The third-order valence-corrected chi connectivity index (χ3v) is 2.43. The number of ether oxygens (including phenoxy) is 1. The first kappa shape index (κ1) is 14.1. The van der Waals surface area contributed by atoms with Crippen LogP contribution in [0.25, 0.3) is 0 Å². The first-order chi connectivity index (χ1) is 8.62. The largest absolute Gasteiger partial charge is 0.468 e. The summed E-state index contributed by atoms with van der Waals surface area (Å²) in [4.78, 5) is 28.6. The highest BCUT2D eigenvalue weighted by Gasteiger charge is 2.21. The number of aryl methyl sites for hydroxylation is 1. The van der Waals surface area contributed by atoms with Crippen LogP contribution in [-0.4, -0.2) is 52.2 Å². The number of rotatable bonds is 6. The number of likely N-dealkylation sites (N-methyl/N-ethyl adjacent to an activating group) is 1. The van der Waals surface area contributed by atoms with Crippen molar-refractivity contribution in [3.63, 3.8) is 0 Å². The second-order valence-electron chi connectivity index (χ2n) is 3.75. The summed E-state index contributed by atoms with van der Waals surface area (Å²) in [7, 11) is 1.28. The predicted octanol–water partition coefficient (Wildman–Crippen LogP) is 0.392. The number of amides is 1. The minimum Gasteiger partial charge on any atom is -0.468 e. The maximum Gasteiger partial charge on any atom is 0.325 e. The summed E-state index contributed by atoms with van der Waals surface area (Å²) < 4.78 is 4.53. The van der Waals surface area contributed by atoms with Gasteiger partial charge in [-0.3, -0.25) is 14.7 Å². The lowest BCUT2D eigenvalue weighted by molar-refractivity contribution is -0.141. The van der Waals surface area contributed by atoms with E-state index in [1.54, 1.807) is 6.92 Å². The monoisotopic (exact) mass is 254 g/mol. The van der Waals surface area contributed by atoms with E-state index < -0.39 is 5.97 Å². The van der Waals surface area contributed by atoms with Crippen molar-refractivity contribution in [2.45, 2.75) is 26.7 Å². The van der Waals surface area contributed by atoms with Crippen LogP contribution >= 0.6 is 0 Å². The van der Waals surface area contributed by atoms with Gasteiger partial charge in [0.2, 0.25) is 5.82 Å². The third-order valence-electron chi connectivity index (χ3n) is 2.43. The standard InChI is InChI=1S/C11H18N4O3/c1-4-6-8-12-10(14-13-8)11(17)15(5-2)7-9(16)18-3/h4-7H2,1-3H3,(H,12,13,14). The molecule has 0 atom stereocenters. The van der Waals surface area contributed by atoms with Gasteiger partial charge in [-0.05, 0) is 13.3 Å². The minimum absolute atomic E-state index is 0.0872. The molecule has 1 heterocycles. The molecule has 0 aromatic carbocycles. The zero-order valence-electron chi connectivity index (χ0n) is 10.9. The van der Waals surface area contributed by atoms with Gasteiger partial charge >= 0.3 is 5.97 Å². The number of H-pyrrole nitrogens is 1. The van der Waals surface area contributed by atoms with Crippen LogP contribution in [0.5, 0.6) is 0 Å². The van der Waals surface area contributed by atoms with E-state index in [0.29, 0.717) is 12.4 Å². The van der Waals surface area contributed by atoms with Crippen LogP contribution in [0.4, 0.5) is 0 Å². The van der Waals surface area contributed by atoms with Crippen molar-refractivity contribution in [3.8, 4) is 0 Å². The van der Waals surface area contributed by atoms with E-state index >= 15 is 0 Å². The molecule has 7 nitrogen and oxygen atoms in total. The summed E-state index contributed by atoms with van der Waals surface area (Å²) in [6.07, 6.45) is 1.66. The van der Waals surface area contributed by atoms with E-state index in [1.807, 2.05) is 6.92 Å². The normalized spacial score (nSPS) is 10.2. The first-order valence-corrected chi connectivity index (χ1v) is 5.89. The molecule has 1 aromatic heterocycles. The maximum absolute atomic E-state index is 12.0. The van der Waals surface area contributed by atoms with E-state index in [-0.39, 0.29) is 18.3 Å². The average Bonchev–Trinajstić information content (AvgIpc) is 2.83. The SMILES string of the molecule is CCCc1nc(C(=O)N(CC)CC(=O)OC)n[nH]1. The van der Waals surface area contributed by atoms with E-state index in [1.165, 1.54) is 12.0 Å². The molecule has 1 aromatic rings. The predicted molar refractivity (Wildman–Crippen MR) is 64.0 cm³/mol. The minimum atomic E-state index is -0.463. The zero-order valence-corrected chi connectivity index (χ0v) is 10.9. The molecule has 0 fully saturated rings. The molecule has 0 radical (unpaired) electrons. The number of esters is 1. The summed E-state index contributed by atoms with van der Waals surface area (Å²) in [5.74, 6) is -0.0739. The van der Waals surface area contributed by atoms with Crippen molar-refractivity contribution in [2.75, 3.05) is 20.2 Å². The van der Waals surface area contributed by atoms with Gasteiger partial charge < -0.3 is 9.64 Å². The molecule has 18 heavy (non-hydrogen) atoms. The number of hydrogen-bond acceptors (Lipinski definition) is 5. The Labute approximate surface area is 106 Å². The second kappa shape index (κ2) is 6.73. The lowest BCUT2D eigenvalue weighted by Crippen LogP contribution is -2.36. The molecule has 7 heteroatoms. The molecule has 0 aliphatic carbocycles. The van der Waals surface area contributed by atoms with Crippen LogP contribution in [-0.2, 0) is 16.0 Å². The van der Waals surface area contributed by atoms with Crippen LogP contribution in [0.3, 0.4) is 0 Å². The Balaban J connectivity index is 2.73. The Hall–Kier alpha value is -1.92. The number of carbonyl (C=O) groups excluding carboxylic acids is 2. The highest BCUT2D eigenvalue weighted by molar-refractivity contribution is 5.92. The number of aromatic amines is 1. The smallest absolute Gasteiger partial charge is 0.325 e. The molecule has 0 spiro atoms.